The Morgan fingerprint density at radius 3 is 2.55 bits per heavy atom. The quantitative estimate of drug-likeness (QED) is 0.701. The SMILES string of the molecule is Cc1ccc(C)c(NC(=O)[C@H](C)Oc2cc(C(F)(F)F)c3c(C)nn(C)c3n2)c1. The van der Waals surface area contributed by atoms with Crippen molar-refractivity contribution in [3.8, 4) is 5.88 Å². The molecule has 0 spiro atoms. The van der Waals surface area contributed by atoms with Crippen LogP contribution in [-0.4, -0.2) is 26.8 Å². The first-order valence-corrected chi connectivity index (χ1v) is 8.93. The van der Waals surface area contributed by atoms with E-state index in [1.54, 1.807) is 0 Å². The Balaban J connectivity index is 1.90. The van der Waals surface area contributed by atoms with Gasteiger partial charge in [0.2, 0.25) is 5.88 Å². The van der Waals surface area contributed by atoms with Gasteiger partial charge >= 0.3 is 6.18 Å². The molecular formula is C20H21F3N4O2. The number of hydrogen-bond donors (Lipinski definition) is 1. The molecular weight excluding hydrogens is 385 g/mol. The van der Waals surface area contributed by atoms with Gasteiger partial charge in [-0.05, 0) is 44.9 Å². The molecule has 1 aromatic carbocycles. The number of nitrogens with one attached hydrogen (secondary N) is 1. The van der Waals surface area contributed by atoms with Crippen molar-refractivity contribution in [3.05, 3.63) is 46.6 Å². The number of rotatable bonds is 4. The zero-order chi connectivity index (χ0) is 21.5. The molecule has 2 heterocycles. The minimum Gasteiger partial charge on any atom is -0.464 e. The predicted molar refractivity (Wildman–Crippen MR) is 103 cm³/mol. The molecule has 1 atom stereocenters. The van der Waals surface area contributed by atoms with Gasteiger partial charge in [-0.25, -0.2) is 0 Å². The summed E-state index contributed by atoms with van der Waals surface area (Å²) in [6.07, 6.45) is -5.67. The second-order valence-corrected chi connectivity index (χ2v) is 6.98. The highest BCUT2D eigenvalue weighted by molar-refractivity contribution is 5.95. The molecule has 29 heavy (non-hydrogen) atoms. The van der Waals surface area contributed by atoms with Crippen LogP contribution in [0.15, 0.2) is 24.3 Å². The molecule has 0 saturated heterocycles. The zero-order valence-corrected chi connectivity index (χ0v) is 16.7. The summed E-state index contributed by atoms with van der Waals surface area (Å²) < 4.78 is 47.4. The number of fused-ring (bicyclic) bond motifs is 1. The molecule has 9 heteroatoms. The Bertz CT molecular complexity index is 1090. The summed E-state index contributed by atoms with van der Waals surface area (Å²) in [6, 6.07) is 6.40. The molecule has 3 rings (SSSR count). The summed E-state index contributed by atoms with van der Waals surface area (Å²) >= 11 is 0. The lowest BCUT2D eigenvalue weighted by Crippen LogP contribution is -2.30. The van der Waals surface area contributed by atoms with Gasteiger partial charge in [0.1, 0.15) is 0 Å². The number of halogens is 3. The summed E-state index contributed by atoms with van der Waals surface area (Å²) in [5, 5.41) is 6.67. The number of ether oxygens (including phenoxy) is 1. The minimum absolute atomic E-state index is 0.0365. The van der Waals surface area contributed by atoms with E-state index in [1.807, 2.05) is 32.0 Å². The number of anilines is 1. The molecule has 0 fully saturated rings. The highest BCUT2D eigenvalue weighted by atomic mass is 19.4. The molecule has 0 aliphatic heterocycles. The van der Waals surface area contributed by atoms with Crippen molar-refractivity contribution in [1.29, 1.82) is 0 Å². The predicted octanol–water partition coefficient (Wildman–Crippen LogP) is 4.32. The highest BCUT2D eigenvalue weighted by Crippen LogP contribution is 2.37. The number of alkyl halides is 3. The molecule has 2 aromatic heterocycles. The van der Waals surface area contributed by atoms with Gasteiger partial charge in [-0.1, -0.05) is 12.1 Å². The number of aryl methyl sites for hydroxylation is 4. The van der Waals surface area contributed by atoms with Crippen molar-refractivity contribution in [3.63, 3.8) is 0 Å². The average Bonchev–Trinajstić information content (AvgIpc) is 2.90. The number of hydrogen-bond acceptors (Lipinski definition) is 4. The monoisotopic (exact) mass is 406 g/mol. The number of benzene rings is 1. The molecule has 0 radical (unpaired) electrons. The lowest BCUT2D eigenvalue weighted by atomic mass is 10.1. The van der Waals surface area contributed by atoms with Crippen molar-refractivity contribution >= 4 is 22.6 Å². The van der Waals surface area contributed by atoms with Crippen LogP contribution in [0.2, 0.25) is 0 Å². The fraction of sp³-hybridized carbons (Fsp3) is 0.350. The van der Waals surface area contributed by atoms with Gasteiger partial charge in [-0.3, -0.25) is 9.48 Å². The van der Waals surface area contributed by atoms with Gasteiger partial charge in [-0.2, -0.15) is 23.3 Å². The van der Waals surface area contributed by atoms with Crippen molar-refractivity contribution in [2.45, 2.75) is 40.0 Å². The Kier molecular flexibility index (Phi) is 5.25. The number of nitrogens with zero attached hydrogens (tertiary/aromatic N) is 3. The molecule has 6 nitrogen and oxygen atoms in total. The second-order valence-electron chi connectivity index (χ2n) is 6.98. The summed E-state index contributed by atoms with van der Waals surface area (Å²) in [6.45, 7) is 6.67. The molecule has 1 N–H and O–H groups in total. The first-order valence-electron chi connectivity index (χ1n) is 8.93. The van der Waals surface area contributed by atoms with Crippen molar-refractivity contribution in [1.82, 2.24) is 14.8 Å². The molecule has 154 valence electrons. The number of carbonyl (C=O) groups is 1. The third kappa shape index (κ3) is 4.18. The topological polar surface area (TPSA) is 69.0 Å². The van der Waals surface area contributed by atoms with Crippen molar-refractivity contribution < 1.29 is 22.7 Å². The minimum atomic E-state index is -4.61. The molecule has 0 bridgehead atoms. The van der Waals surface area contributed by atoms with Crippen molar-refractivity contribution in [2.75, 3.05) is 5.32 Å². The van der Waals surface area contributed by atoms with E-state index in [0.29, 0.717) is 5.69 Å². The van der Waals surface area contributed by atoms with Crippen LogP contribution in [0.1, 0.15) is 29.3 Å². The van der Waals surface area contributed by atoms with Gasteiger partial charge < -0.3 is 10.1 Å². The van der Waals surface area contributed by atoms with Crippen LogP contribution >= 0.6 is 0 Å². The van der Waals surface area contributed by atoms with Gasteiger partial charge in [0, 0.05) is 18.8 Å². The zero-order valence-electron chi connectivity index (χ0n) is 16.7. The van der Waals surface area contributed by atoms with Crippen LogP contribution in [0.4, 0.5) is 18.9 Å². The van der Waals surface area contributed by atoms with Gasteiger partial charge in [0.05, 0.1) is 16.6 Å². The van der Waals surface area contributed by atoms with Crippen LogP contribution in [-0.2, 0) is 18.0 Å². The number of pyridine rings is 1. The van der Waals surface area contributed by atoms with Crippen LogP contribution < -0.4 is 10.1 Å². The third-order valence-electron chi connectivity index (χ3n) is 4.57. The molecule has 0 saturated carbocycles. The van der Waals surface area contributed by atoms with Crippen LogP contribution in [0, 0.1) is 20.8 Å². The fourth-order valence-corrected chi connectivity index (χ4v) is 3.05. The molecule has 0 aliphatic carbocycles. The lowest BCUT2D eigenvalue weighted by Gasteiger charge is -2.17. The maximum absolute atomic E-state index is 13.6. The fourth-order valence-electron chi connectivity index (χ4n) is 3.05. The first-order chi connectivity index (χ1) is 13.5. The molecule has 1 amide bonds. The maximum atomic E-state index is 13.6. The van der Waals surface area contributed by atoms with E-state index in [1.165, 1.54) is 25.6 Å². The average molecular weight is 406 g/mol. The van der Waals surface area contributed by atoms with Gasteiger partial charge in [-0.15, -0.1) is 0 Å². The summed E-state index contributed by atoms with van der Waals surface area (Å²) in [4.78, 5) is 16.6. The lowest BCUT2D eigenvalue weighted by molar-refractivity contribution is -0.136. The van der Waals surface area contributed by atoms with E-state index in [9.17, 15) is 18.0 Å². The van der Waals surface area contributed by atoms with Gasteiger partial charge in [0.25, 0.3) is 5.91 Å². The van der Waals surface area contributed by atoms with E-state index in [4.69, 9.17) is 4.74 Å². The van der Waals surface area contributed by atoms with E-state index in [0.717, 1.165) is 17.2 Å². The smallest absolute Gasteiger partial charge is 0.417 e. The van der Waals surface area contributed by atoms with E-state index in [-0.39, 0.29) is 22.6 Å². The normalized spacial score (nSPS) is 12.8. The summed E-state index contributed by atoms with van der Waals surface area (Å²) in [5.74, 6) is -0.785. The third-order valence-corrected chi connectivity index (χ3v) is 4.57. The number of carbonyl (C=O) groups excluding carboxylic acids is 1. The van der Waals surface area contributed by atoms with E-state index in [2.05, 4.69) is 15.4 Å². The molecule has 3 aromatic rings. The Morgan fingerprint density at radius 1 is 1.21 bits per heavy atom. The first kappa shape index (κ1) is 20.6. The van der Waals surface area contributed by atoms with Crippen LogP contribution in [0.25, 0.3) is 11.0 Å². The maximum Gasteiger partial charge on any atom is 0.417 e. The number of aromatic nitrogens is 3. The molecule has 0 aliphatic rings. The van der Waals surface area contributed by atoms with E-state index < -0.39 is 23.8 Å². The Morgan fingerprint density at radius 2 is 1.90 bits per heavy atom. The van der Waals surface area contributed by atoms with E-state index >= 15 is 0 Å². The summed E-state index contributed by atoms with van der Waals surface area (Å²) in [5.41, 5.74) is 1.80. The largest absolute Gasteiger partial charge is 0.464 e. The number of amides is 1. The Hall–Kier alpha value is -3.10. The summed E-state index contributed by atoms with van der Waals surface area (Å²) in [7, 11) is 1.50. The molecule has 0 unspecified atom stereocenters. The second kappa shape index (κ2) is 7.38. The van der Waals surface area contributed by atoms with Crippen molar-refractivity contribution in [2.24, 2.45) is 7.05 Å². The van der Waals surface area contributed by atoms with Crippen LogP contribution in [0.5, 0.6) is 5.88 Å². The van der Waals surface area contributed by atoms with Crippen LogP contribution in [0.3, 0.4) is 0 Å². The Labute approximate surface area is 165 Å². The standard InChI is InChI=1S/C20H21F3N4O2/c1-10-6-7-11(2)15(8-10)24-19(28)13(4)29-16-9-14(20(21,22)23)17-12(3)26-27(5)18(17)25-16/h6-9,13H,1-5H3,(H,24,28)/t13-/m0/s1. The van der Waals surface area contributed by atoms with Gasteiger partial charge in [0.15, 0.2) is 11.8 Å². The highest BCUT2D eigenvalue weighted by Gasteiger charge is 2.36.